The molecule has 5 heteroatoms. The Morgan fingerprint density at radius 1 is 0.758 bits per heavy atom. The molecular weight excluding hydrogens is 416 g/mol. The molecule has 5 nitrogen and oxygen atoms in total. The molecule has 0 saturated carbocycles. The zero-order valence-electron chi connectivity index (χ0n) is 18.4. The van der Waals surface area contributed by atoms with Crippen molar-refractivity contribution in [1.82, 2.24) is 0 Å². The van der Waals surface area contributed by atoms with Gasteiger partial charge in [-0.15, -0.1) is 0 Å². The van der Waals surface area contributed by atoms with Crippen molar-refractivity contribution in [2.75, 3.05) is 7.11 Å². The molecule has 33 heavy (non-hydrogen) atoms. The molecule has 1 atom stereocenters. The van der Waals surface area contributed by atoms with Gasteiger partial charge in [-0.05, 0) is 70.8 Å². The second-order valence-corrected chi connectivity index (χ2v) is 7.80. The Morgan fingerprint density at radius 2 is 1.36 bits per heavy atom. The van der Waals surface area contributed by atoms with Crippen molar-refractivity contribution in [2.45, 2.75) is 12.8 Å². The molecule has 0 radical (unpaired) electrons. The highest BCUT2D eigenvalue weighted by atomic mass is 16.5. The van der Waals surface area contributed by atoms with E-state index in [0.29, 0.717) is 11.3 Å². The van der Waals surface area contributed by atoms with Crippen molar-refractivity contribution in [3.8, 4) is 23.0 Å². The summed E-state index contributed by atoms with van der Waals surface area (Å²) in [4.78, 5) is 12.7. The van der Waals surface area contributed by atoms with Gasteiger partial charge in [0.1, 0.15) is 23.0 Å². The molecule has 0 fully saturated rings. The minimum atomic E-state index is -0.422. The first kappa shape index (κ1) is 22.0. The minimum absolute atomic E-state index is 0.00262. The number of hydrogen-bond donors (Lipinski definition) is 2. The summed E-state index contributed by atoms with van der Waals surface area (Å²) in [7, 11) is 1.64. The van der Waals surface area contributed by atoms with Gasteiger partial charge in [-0.25, -0.2) is 0 Å². The fourth-order valence-electron chi connectivity index (χ4n) is 3.53. The molecule has 0 aliphatic carbocycles. The standard InChI is InChI=1S/C28H24O5/c1-18(21-7-8-23-16-27(32-2)12-9-22(23)15-21)28(31)33-26-10-5-19(6-11-26)3-4-20-13-24(29)17-25(30)14-20/h3-18,29-30H,1-2H3/t18-/m0/s1. The Balaban J connectivity index is 1.42. The van der Waals surface area contributed by atoms with Gasteiger partial charge in [-0.2, -0.15) is 0 Å². The molecule has 4 aromatic rings. The highest BCUT2D eigenvalue weighted by Gasteiger charge is 2.18. The largest absolute Gasteiger partial charge is 0.508 e. The summed E-state index contributed by atoms with van der Waals surface area (Å²) in [6.07, 6.45) is 3.62. The van der Waals surface area contributed by atoms with Crippen LogP contribution in [0.25, 0.3) is 22.9 Å². The molecule has 0 amide bonds. The van der Waals surface area contributed by atoms with Crippen LogP contribution >= 0.6 is 0 Å². The second-order valence-electron chi connectivity index (χ2n) is 7.80. The molecule has 0 aliphatic heterocycles. The van der Waals surface area contributed by atoms with Crippen LogP contribution < -0.4 is 9.47 Å². The van der Waals surface area contributed by atoms with Crippen LogP contribution in [-0.2, 0) is 4.79 Å². The Labute approximate surface area is 192 Å². The molecule has 2 N–H and O–H groups in total. The van der Waals surface area contributed by atoms with Crippen LogP contribution in [0.4, 0.5) is 0 Å². The number of methoxy groups -OCH3 is 1. The molecule has 0 aliphatic rings. The molecule has 0 bridgehead atoms. The minimum Gasteiger partial charge on any atom is -0.508 e. The van der Waals surface area contributed by atoms with Crippen LogP contribution in [0.5, 0.6) is 23.0 Å². The smallest absolute Gasteiger partial charge is 0.318 e. The number of rotatable bonds is 6. The van der Waals surface area contributed by atoms with Crippen LogP contribution in [0.1, 0.15) is 29.5 Å². The zero-order chi connectivity index (χ0) is 23.4. The van der Waals surface area contributed by atoms with Gasteiger partial charge in [0, 0.05) is 6.07 Å². The lowest BCUT2D eigenvalue weighted by Crippen LogP contribution is -2.16. The summed E-state index contributed by atoms with van der Waals surface area (Å²) in [6, 6.07) is 23.2. The molecule has 166 valence electrons. The van der Waals surface area contributed by atoms with E-state index < -0.39 is 5.92 Å². The Morgan fingerprint density at radius 3 is 2.06 bits per heavy atom. The third-order valence-corrected chi connectivity index (χ3v) is 5.42. The number of carbonyl (C=O) groups excluding carboxylic acids is 1. The van der Waals surface area contributed by atoms with Crippen LogP contribution in [0.3, 0.4) is 0 Å². The van der Waals surface area contributed by atoms with Gasteiger partial charge in [0.25, 0.3) is 0 Å². The number of fused-ring (bicyclic) bond motifs is 1. The first-order valence-electron chi connectivity index (χ1n) is 10.5. The number of phenols is 2. The average molecular weight is 440 g/mol. The number of phenolic OH excluding ortho intramolecular Hbond substituents is 2. The summed E-state index contributed by atoms with van der Waals surface area (Å²) in [5, 5.41) is 21.2. The van der Waals surface area contributed by atoms with Crippen LogP contribution in [0, 0.1) is 0 Å². The van der Waals surface area contributed by atoms with Crippen LogP contribution in [-0.4, -0.2) is 23.3 Å². The van der Waals surface area contributed by atoms with Gasteiger partial charge >= 0.3 is 5.97 Å². The van der Waals surface area contributed by atoms with Crippen molar-refractivity contribution in [2.24, 2.45) is 0 Å². The van der Waals surface area contributed by atoms with Gasteiger partial charge in [-0.3, -0.25) is 4.79 Å². The van der Waals surface area contributed by atoms with Crippen molar-refractivity contribution >= 4 is 28.9 Å². The van der Waals surface area contributed by atoms with E-state index in [1.54, 1.807) is 37.5 Å². The SMILES string of the molecule is COc1ccc2cc([C@H](C)C(=O)Oc3ccc(C=Cc4cc(O)cc(O)c4)cc3)ccc2c1. The number of aromatic hydroxyl groups is 2. The van der Waals surface area contributed by atoms with Crippen LogP contribution in [0.15, 0.2) is 78.9 Å². The lowest BCUT2D eigenvalue weighted by atomic mass is 9.98. The Kier molecular flexibility index (Phi) is 6.31. The number of hydrogen-bond acceptors (Lipinski definition) is 5. The maximum absolute atomic E-state index is 12.7. The van der Waals surface area contributed by atoms with E-state index >= 15 is 0 Å². The van der Waals surface area contributed by atoms with Crippen molar-refractivity contribution in [3.05, 3.63) is 95.6 Å². The third kappa shape index (κ3) is 5.33. The first-order chi connectivity index (χ1) is 15.9. The van der Waals surface area contributed by atoms with E-state index in [1.807, 2.05) is 61.5 Å². The van der Waals surface area contributed by atoms with Gasteiger partial charge in [-0.1, -0.05) is 48.6 Å². The normalized spacial score (nSPS) is 12.1. The maximum atomic E-state index is 12.7. The highest BCUT2D eigenvalue weighted by molar-refractivity contribution is 5.87. The number of carbonyl (C=O) groups is 1. The zero-order valence-corrected chi connectivity index (χ0v) is 18.4. The number of ether oxygens (including phenoxy) is 2. The predicted molar refractivity (Wildman–Crippen MR) is 130 cm³/mol. The molecule has 0 aromatic heterocycles. The number of esters is 1. The van der Waals surface area contributed by atoms with Gasteiger partial charge in [0.15, 0.2) is 0 Å². The second kappa shape index (κ2) is 9.49. The van der Waals surface area contributed by atoms with E-state index in [1.165, 1.54) is 6.07 Å². The molecule has 0 saturated heterocycles. The average Bonchev–Trinajstić information content (AvgIpc) is 2.81. The third-order valence-electron chi connectivity index (χ3n) is 5.42. The fraction of sp³-hybridized carbons (Fsp3) is 0.107. The van der Waals surface area contributed by atoms with Crippen LogP contribution in [0.2, 0.25) is 0 Å². The summed E-state index contributed by atoms with van der Waals surface area (Å²) < 4.78 is 10.8. The topological polar surface area (TPSA) is 76.0 Å². The predicted octanol–water partition coefficient (Wildman–Crippen LogP) is 6.14. The van der Waals surface area contributed by atoms with E-state index in [-0.39, 0.29) is 17.5 Å². The summed E-state index contributed by atoms with van der Waals surface area (Å²) in [5.74, 6) is 0.496. The molecule has 4 rings (SSSR count). The van der Waals surface area contributed by atoms with Crippen molar-refractivity contribution < 1.29 is 24.5 Å². The summed E-state index contributed by atoms with van der Waals surface area (Å²) in [5.41, 5.74) is 2.44. The van der Waals surface area contributed by atoms with E-state index in [2.05, 4.69) is 0 Å². The lowest BCUT2D eigenvalue weighted by molar-refractivity contribution is -0.135. The number of benzene rings is 4. The Hall–Kier alpha value is -4.25. The fourth-order valence-corrected chi connectivity index (χ4v) is 3.53. The van der Waals surface area contributed by atoms with Crippen molar-refractivity contribution in [3.63, 3.8) is 0 Å². The molecular formula is C28H24O5. The van der Waals surface area contributed by atoms with Gasteiger partial charge in [0.05, 0.1) is 13.0 Å². The van der Waals surface area contributed by atoms with Gasteiger partial charge in [0.2, 0.25) is 0 Å². The maximum Gasteiger partial charge on any atom is 0.318 e. The van der Waals surface area contributed by atoms with Gasteiger partial charge < -0.3 is 19.7 Å². The lowest BCUT2D eigenvalue weighted by Gasteiger charge is -2.13. The quantitative estimate of drug-likeness (QED) is 0.214. The van der Waals surface area contributed by atoms with Crippen molar-refractivity contribution in [1.29, 1.82) is 0 Å². The van der Waals surface area contributed by atoms with E-state index in [9.17, 15) is 15.0 Å². The molecule has 0 heterocycles. The van der Waals surface area contributed by atoms with E-state index in [4.69, 9.17) is 9.47 Å². The monoisotopic (exact) mass is 440 g/mol. The Bertz CT molecular complexity index is 1300. The first-order valence-corrected chi connectivity index (χ1v) is 10.5. The highest BCUT2D eigenvalue weighted by Crippen LogP contribution is 2.27. The molecule has 4 aromatic carbocycles. The molecule has 0 spiro atoms. The molecule has 0 unspecified atom stereocenters. The van der Waals surface area contributed by atoms with E-state index in [0.717, 1.165) is 27.6 Å². The summed E-state index contributed by atoms with van der Waals surface area (Å²) in [6.45, 7) is 1.83. The summed E-state index contributed by atoms with van der Waals surface area (Å²) >= 11 is 0.